The van der Waals surface area contributed by atoms with Gasteiger partial charge >= 0.3 is 6.61 Å². The molecule has 3 aromatic carbocycles. The van der Waals surface area contributed by atoms with Crippen molar-refractivity contribution in [1.29, 1.82) is 0 Å². The number of para-hydroxylation sites is 2. The van der Waals surface area contributed by atoms with Crippen LogP contribution in [-0.2, 0) is 5.75 Å². The van der Waals surface area contributed by atoms with Crippen LogP contribution in [-0.4, -0.2) is 38.1 Å². The average Bonchev–Trinajstić information content (AvgIpc) is 3.43. The van der Waals surface area contributed by atoms with Gasteiger partial charge in [0.15, 0.2) is 5.82 Å². The minimum absolute atomic E-state index is 0.0545. The van der Waals surface area contributed by atoms with Crippen molar-refractivity contribution < 1.29 is 18.3 Å². The number of fused-ring (bicyclic) bond motifs is 1. The molecule has 0 amide bonds. The Hall–Kier alpha value is -4.12. The predicted molar refractivity (Wildman–Crippen MR) is 129 cm³/mol. The van der Waals surface area contributed by atoms with Crippen LogP contribution in [0.25, 0.3) is 28.1 Å². The summed E-state index contributed by atoms with van der Waals surface area (Å²) in [5.41, 5.74) is 3.43. The molecule has 8 nitrogen and oxygen atoms in total. The fourth-order valence-electron chi connectivity index (χ4n) is 3.68. The second kappa shape index (κ2) is 9.63. The summed E-state index contributed by atoms with van der Waals surface area (Å²) >= 11 is 1.39. The number of halogens is 2. The second-order valence-electron chi connectivity index (χ2n) is 7.42. The van der Waals surface area contributed by atoms with Crippen LogP contribution in [0.15, 0.2) is 78.0 Å². The zero-order valence-electron chi connectivity index (χ0n) is 18.5. The van der Waals surface area contributed by atoms with Crippen molar-refractivity contribution in [2.24, 2.45) is 0 Å². The third-order valence-electron chi connectivity index (χ3n) is 5.29. The predicted octanol–water partition coefficient (Wildman–Crippen LogP) is 4.90. The van der Waals surface area contributed by atoms with E-state index in [0.717, 1.165) is 28.3 Å². The molecule has 0 aliphatic carbocycles. The van der Waals surface area contributed by atoms with Crippen molar-refractivity contribution in [3.05, 3.63) is 78.6 Å². The van der Waals surface area contributed by atoms with Crippen LogP contribution in [0.5, 0.6) is 11.5 Å². The number of nitrogens with two attached hydrogens (primary N) is 1. The molecule has 5 aromatic rings. The van der Waals surface area contributed by atoms with Crippen LogP contribution in [0, 0.1) is 0 Å². The summed E-state index contributed by atoms with van der Waals surface area (Å²) in [6, 6.07) is 21.7. The molecule has 0 spiro atoms. The third-order valence-corrected chi connectivity index (χ3v) is 6.23. The maximum absolute atomic E-state index is 12.4. The van der Waals surface area contributed by atoms with Crippen LogP contribution in [0.2, 0.25) is 0 Å². The molecule has 35 heavy (non-hydrogen) atoms. The summed E-state index contributed by atoms with van der Waals surface area (Å²) in [5.74, 6) is 8.78. The van der Waals surface area contributed by atoms with E-state index in [2.05, 4.69) is 19.5 Å². The number of alkyl halides is 2. The second-order valence-corrected chi connectivity index (χ2v) is 8.36. The standard InChI is InChI=1S/C24H20F2N6O2S/c1-33-17-12-8-16(9-13-17)31-20-5-3-2-4-19(20)28-21(31)14-35-24-30-29-22(32(24)27)15-6-10-18(11-7-15)34-23(25)26/h2-13,23H,14,27H2,1H3. The fourth-order valence-corrected chi connectivity index (χ4v) is 4.45. The minimum Gasteiger partial charge on any atom is -0.497 e. The van der Waals surface area contributed by atoms with E-state index in [1.165, 1.54) is 28.6 Å². The van der Waals surface area contributed by atoms with Gasteiger partial charge in [0.2, 0.25) is 5.16 Å². The number of thioether (sulfide) groups is 1. The summed E-state index contributed by atoms with van der Waals surface area (Å²) in [4.78, 5) is 4.81. The molecule has 178 valence electrons. The largest absolute Gasteiger partial charge is 0.497 e. The van der Waals surface area contributed by atoms with E-state index in [4.69, 9.17) is 15.6 Å². The molecule has 0 aliphatic rings. The van der Waals surface area contributed by atoms with Gasteiger partial charge in [-0.05, 0) is 60.7 Å². The van der Waals surface area contributed by atoms with Crippen molar-refractivity contribution >= 4 is 22.8 Å². The van der Waals surface area contributed by atoms with E-state index in [1.54, 1.807) is 19.2 Å². The van der Waals surface area contributed by atoms with Crippen LogP contribution >= 0.6 is 11.8 Å². The molecule has 2 N–H and O–H groups in total. The summed E-state index contributed by atoms with van der Waals surface area (Å²) in [6.07, 6.45) is 0. The van der Waals surface area contributed by atoms with Gasteiger partial charge in [-0.3, -0.25) is 4.57 Å². The molecule has 5 rings (SSSR count). The van der Waals surface area contributed by atoms with Gasteiger partial charge in [-0.25, -0.2) is 9.66 Å². The smallest absolute Gasteiger partial charge is 0.387 e. The Morgan fingerprint density at radius 2 is 1.66 bits per heavy atom. The first-order chi connectivity index (χ1) is 17.0. The maximum Gasteiger partial charge on any atom is 0.387 e. The monoisotopic (exact) mass is 494 g/mol. The lowest BCUT2D eigenvalue weighted by Gasteiger charge is -2.10. The van der Waals surface area contributed by atoms with Gasteiger partial charge < -0.3 is 15.3 Å². The molecule has 11 heteroatoms. The van der Waals surface area contributed by atoms with Crippen molar-refractivity contribution in [3.63, 3.8) is 0 Å². The minimum atomic E-state index is -2.89. The Bertz CT molecular complexity index is 1450. The van der Waals surface area contributed by atoms with Gasteiger partial charge in [0.25, 0.3) is 0 Å². The highest BCUT2D eigenvalue weighted by Gasteiger charge is 2.17. The van der Waals surface area contributed by atoms with Gasteiger partial charge in [0.05, 0.1) is 23.9 Å². The first-order valence-corrected chi connectivity index (χ1v) is 11.5. The van der Waals surface area contributed by atoms with Crippen molar-refractivity contribution in [2.75, 3.05) is 13.0 Å². The van der Waals surface area contributed by atoms with E-state index in [-0.39, 0.29) is 5.75 Å². The fraction of sp³-hybridized carbons (Fsp3) is 0.125. The van der Waals surface area contributed by atoms with Gasteiger partial charge in [0, 0.05) is 11.3 Å². The van der Waals surface area contributed by atoms with Crippen LogP contribution in [0.4, 0.5) is 8.78 Å². The molecule has 0 aliphatic heterocycles. The van der Waals surface area contributed by atoms with Crippen LogP contribution in [0.3, 0.4) is 0 Å². The van der Waals surface area contributed by atoms with E-state index < -0.39 is 6.61 Å². The number of ether oxygens (including phenoxy) is 2. The number of benzene rings is 3. The Labute approximate surface area is 203 Å². The molecule has 0 saturated heterocycles. The zero-order valence-corrected chi connectivity index (χ0v) is 19.3. The van der Waals surface area contributed by atoms with Crippen molar-refractivity contribution in [2.45, 2.75) is 17.5 Å². The molecule has 0 radical (unpaired) electrons. The number of hydrogen-bond donors (Lipinski definition) is 1. The number of aromatic nitrogens is 5. The zero-order chi connectivity index (χ0) is 24.4. The lowest BCUT2D eigenvalue weighted by Crippen LogP contribution is -2.12. The van der Waals surface area contributed by atoms with Crippen LogP contribution < -0.4 is 15.3 Å². The molecule has 0 fully saturated rings. The summed E-state index contributed by atoms with van der Waals surface area (Å²) in [5, 5.41) is 8.86. The Kier molecular flexibility index (Phi) is 6.23. The Balaban J connectivity index is 1.41. The molecular weight excluding hydrogens is 474 g/mol. The highest BCUT2D eigenvalue weighted by Crippen LogP contribution is 2.29. The van der Waals surface area contributed by atoms with Crippen molar-refractivity contribution in [1.82, 2.24) is 24.4 Å². The Morgan fingerprint density at radius 3 is 2.37 bits per heavy atom. The normalized spacial score (nSPS) is 11.3. The lowest BCUT2D eigenvalue weighted by atomic mass is 10.2. The highest BCUT2D eigenvalue weighted by atomic mass is 32.2. The maximum atomic E-state index is 12.4. The molecule has 2 heterocycles. The summed E-state index contributed by atoms with van der Waals surface area (Å²) < 4.78 is 37.9. The van der Waals surface area contributed by atoms with Gasteiger partial charge in [0.1, 0.15) is 17.3 Å². The van der Waals surface area contributed by atoms with E-state index in [0.29, 0.717) is 22.3 Å². The third kappa shape index (κ3) is 4.62. The number of nitrogen functional groups attached to an aromatic ring is 1. The number of nitrogens with zero attached hydrogens (tertiary/aromatic N) is 5. The molecular formula is C24H20F2N6O2S. The summed E-state index contributed by atoms with van der Waals surface area (Å²) in [6.45, 7) is -2.89. The molecule has 0 unspecified atom stereocenters. The first-order valence-electron chi connectivity index (χ1n) is 10.5. The van der Waals surface area contributed by atoms with E-state index in [1.807, 2.05) is 48.5 Å². The first kappa shape index (κ1) is 22.7. The molecule has 2 aromatic heterocycles. The van der Waals surface area contributed by atoms with Gasteiger partial charge in [-0.1, -0.05) is 23.9 Å². The summed E-state index contributed by atoms with van der Waals surface area (Å²) in [7, 11) is 1.63. The van der Waals surface area contributed by atoms with Crippen LogP contribution in [0.1, 0.15) is 5.82 Å². The van der Waals surface area contributed by atoms with Gasteiger partial charge in [-0.2, -0.15) is 8.78 Å². The lowest BCUT2D eigenvalue weighted by molar-refractivity contribution is -0.0498. The van der Waals surface area contributed by atoms with Crippen molar-refractivity contribution in [3.8, 4) is 28.6 Å². The number of methoxy groups -OCH3 is 1. The topological polar surface area (TPSA) is 93.0 Å². The van der Waals surface area contributed by atoms with E-state index >= 15 is 0 Å². The average molecular weight is 495 g/mol. The van der Waals surface area contributed by atoms with E-state index in [9.17, 15) is 8.78 Å². The number of rotatable bonds is 8. The number of hydrogen-bond acceptors (Lipinski definition) is 7. The highest BCUT2D eigenvalue weighted by molar-refractivity contribution is 7.98. The number of imidazole rings is 1. The molecule has 0 bridgehead atoms. The SMILES string of the molecule is COc1ccc(-n2c(CSc3nnc(-c4ccc(OC(F)F)cc4)n3N)nc3ccccc32)cc1. The molecule has 0 atom stereocenters. The Morgan fingerprint density at radius 1 is 0.943 bits per heavy atom. The molecule has 0 saturated carbocycles. The quantitative estimate of drug-likeness (QED) is 0.242. The van der Waals surface area contributed by atoms with Gasteiger partial charge in [-0.15, -0.1) is 10.2 Å².